The standard InChI is InChI=1S/C13H16Cl3N3O/c1-9(2)11(15)10(14)5-13(20,12(16)3-4-12)6-19-8-17-7-18-19/h7-8,20H,1,3-6H2,2H3. The Labute approximate surface area is 133 Å². The van der Waals surface area contributed by atoms with Crippen molar-refractivity contribution in [3.63, 3.8) is 0 Å². The van der Waals surface area contributed by atoms with Crippen molar-refractivity contribution in [2.75, 3.05) is 0 Å². The molecule has 1 heterocycles. The van der Waals surface area contributed by atoms with Gasteiger partial charge in [-0.05, 0) is 25.3 Å². The summed E-state index contributed by atoms with van der Waals surface area (Å²) < 4.78 is 1.54. The molecule has 0 saturated heterocycles. The van der Waals surface area contributed by atoms with Crippen LogP contribution in [0.25, 0.3) is 0 Å². The van der Waals surface area contributed by atoms with Crippen molar-refractivity contribution in [3.8, 4) is 0 Å². The summed E-state index contributed by atoms with van der Waals surface area (Å²) in [6, 6.07) is 0. The Bertz CT molecular complexity index is 537. The molecule has 0 aromatic carbocycles. The molecule has 0 amide bonds. The van der Waals surface area contributed by atoms with Crippen LogP contribution in [0.5, 0.6) is 0 Å². The van der Waals surface area contributed by atoms with Crippen molar-refractivity contribution in [2.45, 2.75) is 43.2 Å². The SMILES string of the molecule is C=C(C)C(Cl)=C(Cl)CC(O)(Cn1cncn1)C1(Cl)CC1. The number of halogens is 3. The lowest BCUT2D eigenvalue weighted by molar-refractivity contribution is 0.00915. The molecule has 20 heavy (non-hydrogen) atoms. The maximum Gasteiger partial charge on any atom is 0.137 e. The second-order valence-corrected chi connectivity index (χ2v) is 6.82. The van der Waals surface area contributed by atoms with E-state index in [2.05, 4.69) is 16.7 Å². The molecular weight excluding hydrogens is 321 g/mol. The highest BCUT2D eigenvalue weighted by Crippen LogP contribution is 2.54. The quantitative estimate of drug-likeness (QED) is 0.639. The lowest BCUT2D eigenvalue weighted by Gasteiger charge is -2.33. The van der Waals surface area contributed by atoms with Gasteiger partial charge in [0.25, 0.3) is 0 Å². The average molecular weight is 337 g/mol. The average Bonchev–Trinajstić information content (AvgIpc) is 2.93. The molecule has 7 heteroatoms. The third-order valence-corrected chi connectivity index (χ3v) is 5.17. The molecule has 1 aromatic rings. The Morgan fingerprint density at radius 3 is 2.60 bits per heavy atom. The maximum atomic E-state index is 11.0. The van der Waals surface area contributed by atoms with Crippen molar-refractivity contribution in [3.05, 3.63) is 34.9 Å². The fraction of sp³-hybridized carbons (Fsp3) is 0.538. The highest BCUT2D eigenvalue weighted by atomic mass is 35.5. The van der Waals surface area contributed by atoms with Gasteiger partial charge in [-0.1, -0.05) is 29.8 Å². The number of hydrogen-bond acceptors (Lipinski definition) is 3. The van der Waals surface area contributed by atoms with Gasteiger partial charge in [-0.3, -0.25) is 0 Å². The van der Waals surface area contributed by atoms with E-state index in [9.17, 15) is 5.11 Å². The minimum Gasteiger partial charge on any atom is -0.386 e. The van der Waals surface area contributed by atoms with Gasteiger partial charge in [0, 0.05) is 11.5 Å². The summed E-state index contributed by atoms with van der Waals surface area (Å²) in [4.78, 5) is 3.17. The van der Waals surface area contributed by atoms with Crippen LogP contribution in [0.4, 0.5) is 0 Å². The van der Waals surface area contributed by atoms with Crippen LogP contribution >= 0.6 is 34.8 Å². The van der Waals surface area contributed by atoms with Crippen molar-refractivity contribution in [1.29, 1.82) is 0 Å². The van der Waals surface area contributed by atoms with Crippen LogP contribution in [0.1, 0.15) is 26.2 Å². The Morgan fingerprint density at radius 2 is 2.15 bits per heavy atom. The number of rotatable bonds is 6. The largest absolute Gasteiger partial charge is 0.386 e. The second kappa shape index (κ2) is 5.68. The predicted octanol–water partition coefficient (Wildman–Crippen LogP) is 3.44. The summed E-state index contributed by atoms with van der Waals surface area (Å²) in [5.41, 5.74) is -0.575. The molecule has 0 spiro atoms. The van der Waals surface area contributed by atoms with Crippen LogP contribution < -0.4 is 0 Å². The first-order valence-corrected chi connectivity index (χ1v) is 7.34. The third-order valence-electron chi connectivity index (χ3n) is 3.47. The lowest BCUT2D eigenvalue weighted by atomic mass is 9.92. The van der Waals surface area contributed by atoms with E-state index in [-0.39, 0.29) is 13.0 Å². The minimum atomic E-state index is -1.23. The van der Waals surface area contributed by atoms with Gasteiger partial charge < -0.3 is 5.11 Å². The van der Waals surface area contributed by atoms with Crippen molar-refractivity contribution >= 4 is 34.8 Å². The number of allylic oxidation sites excluding steroid dienone is 2. The molecular formula is C13H16Cl3N3O. The van der Waals surface area contributed by atoms with E-state index in [1.807, 2.05) is 0 Å². The summed E-state index contributed by atoms with van der Waals surface area (Å²) in [7, 11) is 0. The molecule has 1 atom stereocenters. The normalized spacial score (nSPS) is 21.1. The fourth-order valence-electron chi connectivity index (χ4n) is 2.08. The Hall–Kier alpha value is -0.550. The van der Waals surface area contributed by atoms with E-state index < -0.39 is 10.5 Å². The number of hydrogen-bond donors (Lipinski definition) is 1. The molecule has 1 saturated carbocycles. The summed E-state index contributed by atoms with van der Waals surface area (Å²) >= 11 is 18.7. The highest BCUT2D eigenvalue weighted by molar-refractivity contribution is 6.40. The molecule has 4 nitrogen and oxygen atoms in total. The van der Waals surface area contributed by atoms with E-state index in [1.54, 1.807) is 11.6 Å². The van der Waals surface area contributed by atoms with Crippen molar-refractivity contribution in [1.82, 2.24) is 14.8 Å². The highest BCUT2D eigenvalue weighted by Gasteiger charge is 2.58. The van der Waals surface area contributed by atoms with Crippen LogP contribution in [0.2, 0.25) is 0 Å². The molecule has 0 bridgehead atoms. The Balaban J connectivity index is 2.25. The third kappa shape index (κ3) is 3.19. The molecule has 1 unspecified atom stereocenters. The Morgan fingerprint density at radius 1 is 1.50 bits per heavy atom. The maximum absolute atomic E-state index is 11.0. The van der Waals surface area contributed by atoms with Crippen molar-refractivity contribution < 1.29 is 5.11 Å². The first-order chi connectivity index (χ1) is 9.27. The molecule has 110 valence electrons. The van der Waals surface area contributed by atoms with Gasteiger partial charge in [-0.2, -0.15) is 5.10 Å². The second-order valence-electron chi connectivity index (χ2n) is 5.27. The fourth-order valence-corrected chi connectivity index (χ4v) is 2.75. The molecule has 0 radical (unpaired) electrons. The topological polar surface area (TPSA) is 50.9 Å². The van der Waals surface area contributed by atoms with Gasteiger partial charge in [-0.15, -0.1) is 11.6 Å². The van der Waals surface area contributed by atoms with E-state index >= 15 is 0 Å². The van der Waals surface area contributed by atoms with Crippen molar-refractivity contribution in [2.24, 2.45) is 0 Å². The first kappa shape index (κ1) is 15.8. The van der Waals surface area contributed by atoms with Crippen LogP contribution in [0.3, 0.4) is 0 Å². The zero-order valence-electron chi connectivity index (χ0n) is 11.1. The lowest BCUT2D eigenvalue weighted by Crippen LogP contribution is -2.45. The predicted molar refractivity (Wildman–Crippen MR) is 81.0 cm³/mol. The van der Waals surface area contributed by atoms with Gasteiger partial charge in [0.1, 0.15) is 18.3 Å². The summed E-state index contributed by atoms with van der Waals surface area (Å²) in [6.07, 6.45) is 4.56. The van der Waals surface area contributed by atoms with Gasteiger partial charge >= 0.3 is 0 Å². The molecule has 1 aromatic heterocycles. The van der Waals surface area contributed by atoms with Gasteiger partial charge in [0.05, 0.1) is 16.5 Å². The summed E-state index contributed by atoms with van der Waals surface area (Å²) in [6.45, 7) is 5.72. The van der Waals surface area contributed by atoms with E-state index in [4.69, 9.17) is 34.8 Å². The molecule has 1 fully saturated rings. The molecule has 0 aliphatic heterocycles. The van der Waals surface area contributed by atoms with E-state index in [0.29, 0.717) is 15.6 Å². The summed E-state index contributed by atoms with van der Waals surface area (Å²) in [5.74, 6) is 0. The first-order valence-electron chi connectivity index (χ1n) is 6.21. The Kier molecular flexibility index (Phi) is 4.50. The smallest absolute Gasteiger partial charge is 0.137 e. The minimum absolute atomic E-state index is 0.156. The summed E-state index contributed by atoms with van der Waals surface area (Å²) in [5, 5.41) is 15.7. The molecule has 1 aliphatic carbocycles. The molecule has 2 rings (SSSR count). The number of aromatic nitrogens is 3. The zero-order valence-corrected chi connectivity index (χ0v) is 13.4. The monoisotopic (exact) mass is 335 g/mol. The van der Waals surface area contributed by atoms with Crippen LogP contribution in [0.15, 0.2) is 34.9 Å². The zero-order chi connectivity index (χ0) is 15.0. The van der Waals surface area contributed by atoms with Crippen LogP contribution in [0, 0.1) is 0 Å². The van der Waals surface area contributed by atoms with Crippen LogP contribution in [-0.2, 0) is 6.54 Å². The van der Waals surface area contributed by atoms with Gasteiger partial charge in [0.15, 0.2) is 0 Å². The van der Waals surface area contributed by atoms with Gasteiger partial charge in [0.2, 0.25) is 0 Å². The van der Waals surface area contributed by atoms with E-state index in [1.165, 1.54) is 12.7 Å². The van der Waals surface area contributed by atoms with Gasteiger partial charge in [-0.25, -0.2) is 9.67 Å². The molecule has 1 N–H and O–H groups in total. The number of alkyl halides is 1. The van der Waals surface area contributed by atoms with Crippen LogP contribution in [-0.4, -0.2) is 30.3 Å². The number of aliphatic hydroxyl groups is 1. The molecule has 1 aliphatic rings. The van der Waals surface area contributed by atoms with E-state index in [0.717, 1.165) is 12.8 Å². The number of nitrogens with zero attached hydrogens (tertiary/aromatic N) is 3.